The Morgan fingerprint density at radius 3 is 2.61 bits per heavy atom. The Kier molecular flexibility index (Phi) is 16.0. The van der Waals surface area contributed by atoms with Crippen LogP contribution in [0.15, 0.2) is 65.3 Å². The van der Waals surface area contributed by atoms with E-state index < -0.39 is 81.5 Å². The van der Waals surface area contributed by atoms with Crippen LogP contribution in [0.4, 0.5) is 4.79 Å². The van der Waals surface area contributed by atoms with Gasteiger partial charge in [-0.2, -0.15) is 11.8 Å². The summed E-state index contributed by atoms with van der Waals surface area (Å²) in [5.74, 6) is 12.2. The normalized spacial score (nSPS) is 36.3. The van der Waals surface area contributed by atoms with Gasteiger partial charge in [0, 0.05) is 48.5 Å². The van der Waals surface area contributed by atoms with Gasteiger partial charge in [0.15, 0.2) is 24.7 Å². The van der Waals surface area contributed by atoms with Gasteiger partial charge in [0.2, 0.25) is 0 Å². The molecule has 0 spiro atoms. The summed E-state index contributed by atoms with van der Waals surface area (Å²) < 4.78 is 50.7. The van der Waals surface area contributed by atoms with E-state index in [1.54, 1.807) is 37.1 Å². The summed E-state index contributed by atoms with van der Waals surface area (Å²) in [6, 6.07) is 8.55. The molecule has 59 heavy (non-hydrogen) atoms. The van der Waals surface area contributed by atoms with Gasteiger partial charge in [-0.15, -0.1) is 9.45 Å². The van der Waals surface area contributed by atoms with Gasteiger partial charge < -0.3 is 53.6 Å². The molecule has 3 heterocycles. The molecule has 3 saturated heterocycles. The lowest BCUT2D eigenvalue weighted by Gasteiger charge is -2.56. The molecule has 1 amide bonds. The molecule has 0 radical (unpaired) electrons. The fourth-order valence-corrected chi connectivity index (χ4v) is 9.58. The average molecular weight is 871 g/mol. The zero-order valence-electron chi connectivity index (χ0n) is 34.3. The summed E-state index contributed by atoms with van der Waals surface area (Å²) in [6.45, 7) is 6.70. The van der Waals surface area contributed by atoms with Gasteiger partial charge in [0.25, 0.3) is 0 Å². The van der Waals surface area contributed by atoms with Crippen LogP contribution in [0.2, 0.25) is 0 Å². The minimum absolute atomic E-state index is 0.0603. The molecule has 13 atom stereocenters. The van der Waals surface area contributed by atoms with Crippen molar-refractivity contribution < 1.29 is 52.6 Å². The maximum Gasteiger partial charge on any atom is 0.407 e. The summed E-state index contributed by atoms with van der Waals surface area (Å²) in [7, 11) is 2.39. The molecule has 0 aromatic heterocycles. The van der Waals surface area contributed by atoms with Crippen LogP contribution in [0.5, 0.6) is 0 Å². The molecule has 5 aliphatic rings. The van der Waals surface area contributed by atoms with Crippen molar-refractivity contribution in [2.24, 2.45) is 0 Å². The molecule has 1 aromatic carbocycles. The number of methoxy groups -OCH3 is 2. The van der Waals surface area contributed by atoms with Gasteiger partial charge in [-0.1, -0.05) is 85.1 Å². The van der Waals surface area contributed by atoms with Crippen molar-refractivity contribution in [2.45, 2.75) is 112 Å². The van der Waals surface area contributed by atoms with E-state index in [0.29, 0.717) is 29.9 Å². The highest BCUT2D eigenvalue weighted by Gasteiger charge is 2.61. The van der Waals surface area contributed by atoms with E-state index in [-0.39, 0.29) is 36.8 Å². The zero-order valence-corrected chi connectivity index (χ0v) is 36.8. The Labute approximate surface area is 358 Å². The number of carbonyl (C=O) groups excluding carboxylic acids is 2. The summed E-state index contributed by atoms with van der Waals surface area (Å²) in [4.78, 5) is 26.6. The number of Topliss-reactive ketones (excluding diaryl/α,β-unsaturated/α-hetero) is 1. The van der Waals surface area contributed by atoms with Gasteiger partial charge in [-0.3, -0.25) is 4.79 Å². The smallest absolute Gasteiger partial charge is 0.407 e. The quantitative estimate of drug-likeness (QED) is 0.263. The van der Waals surface area contributed by atoms with Crippen molar-refractivity contribution in [1.82, 2.24) is 10.6 Å². The Morgan fingerprint density at radius 2 is 1.92 bits per heavy atom. The number of fused-ring (bicyclic) bond motifs is 1. The third-order valence-electron chi connectivity index (χ3n) is 10.9. The topological polar surface area (TPSA) is 152 Å². The van der Waals surface area contributed by atoms with Crippen molar-refractivity contribution >= 4 is 44.3 Å². The Morgan fingerprint density at radius 1 is 1.15 bits per heavy atom. The molecule has 16 heteroatoms. The number of hydrogen-bond donors (Lipinski definition) is 3. The number of aliphatic hydroxyl groups excluding tert-OH is 1. The van der Waals surface area contributed by atoms with Crippen molar-refractivity contribution in [3.05, 3.63) is 70.8 Å². The fraction of sp³-hybridized carbons (Fsp3) is 0.581. The maximum atomic E-state index is 13.8. The second kappa shape index (κ2) is 20.8. The zero-order chi connectivity index (χ0) is 42.3. The van der Waals surface area contributed by atoms with Gasteiger partial charge >= 0.3 is 6.09 Å². The maximum absolute atomic E-state index is 13.8. The standard InChI is InChI=1S/C43H54N2O11S3/c1-25(2)44-30-23-51-35(22-34(30)49-4)55-38-39-43(58-6,24-52-40(56-39)27-15-11-10-12-16-27)26(3)53-41(38)54-33-18-14-9-8-13-17-29-36(33)28(19-20-59(7)57)31(46)21-32(47)37(29)45-42(48)50-5/h8-12,15-16,19,25-26,30-31,33-35,37-41,44,46H,20-24H2,1-7H3,(H,45,48)/b9-8-,28-19-/t26?,30?,31-,33-,34?,35?,37?,38?,39?,40?,41?,43?,59?/m0/s1. The number of aliphatic hydroxyl groups is 1. The van der Waals surface area contributed by atoms with Crippen LogP contribution in [0, 0.1) is 23.7 Å². The van der Waals surface area contributed by atoms with Crippen molar-refractivity contribution in [1.29, 1.82) is 0 Å². The number of nitrogens with one attached hydrogen (secondary N) is 2. The molecule has 3 aliphatic heterocycles. The van der Waals surface area contributed by atoms with Gasteiger partial charge in [-0.05, 0) is 37.2 Å². The summed E-state index contributed by atoms with van der Waals surface area (Å²) in [5, 5.41) is 17.9. The SMILES string of the molecule is COC(=O)NC1C(=O)C[C@H](O)/C(=C/CS(C)=S)C2=C1C#C/C=C\C#C[C@@H]2OC1OC(C)C2(SC)COC(c3ccccc3)OC2C1OC1CC(OC)C(NC(C)C)CO1. The van der Waals surface area contributed by atoms with E-state index in [2.05, 4.69) is 48.2 Å². The molecule has 3 N–H and O–H groups in total. The van der Waals surface area contributed by atoms with E-state index in [9.17, 15) is 14.7 Å². The molecular formula is C43H54N2O11S3. The third-order valence-corrected chi connectivity index (χ3v) is 13.4. The lowest BCUT2D eigenvalue weighted by molar-refractivity contribution is -0.367. The van der Waals surface area contributed by atoms with E-state index in [1.807, 2.05) is 49.8 Å². The lowest BCUT2D eigenvalue weighted by atomic mass is 9.87. The highest BCUT2D eigenvalue weighted by Crippen LogP contribution is 2.49. The minimum Gasteiger partial charge on any atom is -0.453 e. The van der Waals surface area contributed by atoms with Crippen LogP contribution in [0.25, 0.3) is 0 Å². The van der Waals surface area contributed by atoms with Crippen LogP contribution in [0.1, 0.15) is 45.5 Å². The average Bonchev–Trinajstić information content (AvgIpc) is 3.26. The number of alkyl carbamates (subject to hydrolysis) is 1. The van der Waals surface area contributed by atoms with Crippen molar-refractivity contribution in [3.63, 3.8) is 0 Å². The summed E-state index contributed by atoms with van der Waals surface area (Å²) in [6.07, 6.45) is 0.615. The second-order valence-corrected chi connectivity index (χ2v) is 19.5. The first-order valence-electron chi connectivity index (χ1n) is 19.6. The number of allylic oxidation sites excluding steroid dienone is 2. The second-order valence-electron chi connectivity index (χ2n) is 15.1. The minimum atomic E-state index is -1.29. The molecule has 3 fully saturated rings. The molecule has 2 aliphatic carbocycles. The molecule has 11 unspecified atom stereocenters. The number of rotatable bonds is 12. The summed E-state index contributed by atoms with van der Waals surface area (Å²) in [5.41, 5.74) is 1.72. The number of carbonyl (C=O) groups is 2. The van der Waals surface area contributed by atoms with Gasteiger partial charge in [-0.25, -0.2) is 4.79 Å². The van der Waals surface area contributed by atoms with E-state index in [0.717, 1.165) is 5.56 Å². The molecule has 13 nitrogen and oxygen atoms in total. The molecule has 0 saturated carbocycles. The molecule has 0 bridgehead atoms. The Bertz CT molecular complexity index is 1920. The first kappa shape index (κ1) is 45.6. The Balaban J connectivity index is 1.47. The molecule has 1 aromatic rings. The van der Waals surface area contributed by atoms with Crippen LogP contribution in [0.3, 0.4) is 0 Å². The monoisotopic (exact) mass is 870 g/mol. The third kappa shape index (κ3) is 10.6. The fourth-order valence-electron chi connectivity index (χ4n) is 7.96. The van der Waals surface area contributed by atoms with Crippen LogP contribution in [-0.4, -0.2) is 135 Å². The van der Waals surface area contributed by atoms with Crippen molar-refractivity contribution in [3.8, 4) is 23.7 Å². The van der Waals surface area contributed by atoms with Crippen molar-refractivity contribution in [2.75, 3.05) is 45.7 Å². The molecular weight excluding hydrogens is 817 g/mol. The first-order valence-corrected chi connectivity index (χ1v) is 23.6. The van der Waals surface area contributed by atoms with Crippen LogP contribution in [-0.2, 0) is 63.3 Å². The number of hydrogen-bond acceptors (Lipinski definition) is 14. The number of ketones is 1. The number of amides is 1. The predicted octanol–water partition coefficient (Wildman–Crippen LogP) is 3.41. The van der Waals surface area contributed by atoms with E-state index in [1.165, 1.54) is 7.11 Å². The number of thioether (sulfide) groups is 1. The van der Waals surface area contributed by atoms with E-state index >= 15 is 0 Å². The molecule has 320 valence electrons. The summed E-state index contributed by atoms with van der Waals surface area (Å²) >= 11 is 7.11. The van der Waals surface area contributed by atoms with Gasteiger partial charge in [0.05, 0.1) is 49.4 Å². The van der Waals surface area contributed by atoms with Crippen LogP contribution >= 0.6 is 11.8 Å². The largest absolute Gasteiger partial charge is 0.453 e. The highest BCUT2D eigenvalue weighted by molar-refractivity contribution is 8.28. The molecule has 6 rings (SSSR count). The van der Waals surface area contributed by atoms with Gasteiger partial charge in [0.1, 0.15) is 24.4 Å². The van der Waals surface area contributed by atoms with E-state index in [4.69, 9.17) is 49.1 Å². The highest BCUT2D eigenvalue weighted by atomic mass is 32.8. The first-order chi connectivity index (χ1) is 28.4. The number of benzene rings is 1. The van der Waals surface area contributed by atoms with Crippen LogP contribution < -0.4 is 10.6 Å². The Hall–Kier alpha value is -2.94. The lowest BCUT2D eigenvalue weighted by Crippen LogP contribution is -2.70. The number of ether oxygens (including phenoxy) is 8. The predicted molar refractivity (Wildman–Crippen MR) is 228 cm³/mol.